The fourth-order valence-corrected chi connectivity index (χ4v) is 2.41. The molecule has 16 heavy (non-hydrogen) atoms. The summed E-state index contributed by atoms with van der Waals surface area (Å²) in [5.74, 6) is 1.15. The molecule has 0 spiro atoms. The third-order valence-electron chi connectivity index (χ3n) is 3.47. The highest BCUT2D eigenvalue weighted by molar-refractivity contribution is 5.96. The zero-order valence-corrected chi connectivity index (χ0v) is 11.0. The van der Waals surface area contributed by atoms with Crippen LogP contribution in [0.4, 0.5) is 5.69 Å². The van der Waals surface area contributed by atoms with Crippen LogP contribution in [0.5, 0.6) is 0 Å². The molecule has 0 bridgehead atoms. The van der Waals surface area contributed by atoms with Crippen molar-refractivity contribution < 1.29 is 0 Å². The first-order valence-electron chi connectivity index (χ1n) is 6.20. The van der Waals surface area contributed by atoms with Crippen LogP contribution in [0.15, 0.2) is 17.1 Å². The van der Waals surface area contributed by atoms with Crippen molar-refractivity contribution in [1.29, 1.82) is 0 Å². The average Bonchev–Trinajstić information content (AvgIpc) is 2.62. The van der Waals surface area contributed by atoms with Gasteiger partial charge in [0.1, 0.15) is 0 Å². The highest BCUT2D eigenvalue weighted by Crippen LogP contribution is 2.36. The van der Waals surface area contributed by atoms with Crippen molar-refractivity contribution in [2.75, 3.05) is 0 Å². The molecule has 2 rings (SSSR count). The Morgan fingerprint density at radius 1 is 1.06 bits per heavy atom. The summed E-state index contributed by atoms with van der Waals surface area (Å²) in [7, 11) is 0. The van der Waals surface area contributed by atoms with Crippen molar-refractivity contribution in [2.45, 2.75) is 47.0 Å². The molecule has 1 nitrogen and oxygen atoms in total. The fraction of sp³-hybridized carbons (Fsp3) is 0.533. The Morgan fingerprint density at radius 3 is 2.31 bits per heavy atom. The lowest BCUT2D eigenvalue weighted by atomic mass is 9.93. The van der Waals surface area contributed by atoms with Crippen LogP contribution < -0.4 is 0 Å². The van der Waals surface area contributed by atoms with Crippen LogP contribution in [0.1, 0.15) is 50.3 Å². The number of hydrogen-bond donors (Lipinski definition) is 0. The molecule has 0 aliphatic carbocycles. The first kappa shape index (κ1) is 11.4. The molecule has 0 unspecified atom stereocenters. The number of benzene rings is 1. The van der Waals surface area contributed by atoms with Crippen LogP contribution in [0, 0.1) is 12.8 Å². The first-order chi connectivity index (χ1) is 7.50. The number of fused-ring (bicyclic) bond motifs is 1. The molecule has 0 fully saturated rings. The topological polar surface area (TPSA) is 12.4 Å². The van der Waals surface area contributed by atoms with Crippen molar-refractivity contribution in [3.8, 4) is 0 Å². The van der Waals surface area contributed by atoms with Gasteiger partial charge in [-0.25, -0.2) is 0 Å². The molecular weight excluding hydrogens is 194 g/mol. The van der Waals surface area contributed by atoms with E-state index in [9.17, 15) is 0 Å². The van der Waals surface area contributed by atoms with Crippen molar-refractivity contribution in [3.05, 3.63) is 28.8 Å². The van der Waals surface area contributed by atoms with Gasteiger partial charge in [-0.3, -0.25) is 4.99 Å². The summed E-state index contributed by atoms with van der Waals surface area (Å²) in [5, 5.41) is 0. The maximum Gasteiger partial charge on any atom is 0.0697 e. The number of rotatable bonds is 2. The van der Waals surface area contributed by atoms with Gasteiger partial charge in [0, 0.05) is 12.1 Å². The minimum absolute atomic E-state index is 0.564. The van der Waals surface area contributed by atoms with Crippen LogP contribution in [0.3, 0.4) is 0 Å². The van der Waals surface area contributed by atoms with Crippen LogP contribution in [-0.4, -0.2) is 5.71 Å². The van der Waals surface area contributed by atoms with E-state index in [0.717, 1.165) is 6.42 Å². The quantitative estimate of drug-likeness (QED) is 0.693. The van der Waals surface area contributed by atoms with E-state index >= 15 is 0 Å². The Balaban J connectivity index is 2.47. The van der Waals surface area contributed by atoms with Crippen molar-refractivity contribution in [3.63, 3.8) is 0 Å². The fourth-order valence-electron chi connectivity index (χ4n) is 2.41. The predicted octanol–water partition coefficient (Wildman–Crippen LogP) is 4.40. The van der Waals surface area contributed by atoms with E-state index in [4.69, 9.17) is 4.99 Å². The first-order valence-corrected chi connectivity index (χ1v) is 6.20. The highest BCUT2D eigenvalue weighted by atomic mass is 14.8. The summed E-state index contributed by atoms with van der Waals surface area (Å²) in [4.78, 5) is 4.81. The number of aliphatic imine (C=N–C) groups is 1. The van der Waals surface area contributed by atoms with Crippen LogP contribution >= 0.6 is 0 Å². The summed E-state index contributed by atoms with van der Waals surface area (Å²) in [5.41, 5.74) is 6.80. The molecule has 1 heteroatoms. The predicted molar refractivity (Wildman–Crippen MR) is 70.9 cm³/mol. The van der Waals surface area contributed by atoms with E-state index < -0.39 is 0 Å². The van der Waals surface area contributed by atoms with Gasteiger partial charge in [0.25, 0.3) is 0 Å². The standard InChI is InChI=1S/C15H21N/c1-9(2)13-7-6-12-8-14(10(3)4)16-15(12)11(13)5/h6-7,9-10H,8H2,1-5H3. The van der Waals surface area contributed by atoms with Gasteiger partial charge >= 0.3 is 0 Å². The van der Waals surface area contributed by atoms with Crippen LogP contribution in [-0.2, 0) is 6.42 Å². The molecule has 0 amide bonds. The van der Waals surface area contributed by atoms with E-state index in [-0.39, 0.29) is 0 Å². The average molecular weight is 215 g/mol. The molecule has 1 aliphatic rings. The van der Waals surface area contributed by atoms with Gasteiger partial charge in [0.05, 0.1) is 5.69 Å². The summed E-state index contributed by atoms with van der Waals surface area (Å²) in [6.07, 6.45) is 1.05. The summed E-state index contributed by atoms with van der Waals surface area (Å²) >= 11 is 0. The third kappa shape index (κ3) is 1.79. The SMILES string of the molecule is Cc1c(C(C)C)ccc2c1N=C(C(C)C)C2. The van der Waals surface area contributed by atoms with E-state index in [1.807, 2.05) is 0 Å². The molecule has 86 valence electrons. The third-order valence-corrected chi connectivity index (χ3v) is 3.47. The molecule has 0 saturated heterocycles. The van der Waals surface area contributed by atoms with Gasteiger partial charge in [-0.05, 0) is 35.4 Å². The Kier molecular flexibility index (Phi) is 2.88. The molecule has 1 aromatic carbocycles. The lowest BCUT2D eigenvalue weighted by molar-refractivity contribution is 0.856. The summed E-state index contributed by atoms with van der Waals surface area (Å²) < 4.78 is 0. The summed E-state index contributed by atoms with van der Waals surface area (Å²) in [6, 6.07) is 4.54. The van der Waals surface area contributed by atoms with E-state index in [1.165, 1.54) is 28.1 Å². The number of nitrogens with zero attached hydrogens (tertiary/aromatic N) is 1. The molecule has 0 saturated carbocycles. The Hall–Kier alpha value is -1.11. The molecule has 1 heterocycles. The minimum atomic E-state index is 0.564. The molecule has 0 aromatic heterocycles. The van der Waals surface area contributed by atoms with E-state index in [2.05, 4.69) is 46.8 Å². The molecule has 1 aliphatic heterocycles. The normalized spacial score (nSPS) is 14.6. The van der Waals surface area contributed by atoms with Crippen molar-refractivity contribution >= 4 is 11.4 Å². The van der Waals surface area contributed by atoms with Crippen LogP contribution in [0.2, 0.25) is 0 Å². The zero-order chi connectivity index (χ0) is 11.9. The maximum absolute atomic E-state index is 4.81. The van der Waals surface area contributed by atoms with E-state index in [0.29, 0.717) is 11.8 Å². The second kappa shape index (κ2) is 4.04. The Morgan fingerprint density at radius 2 is 1.75 bits per heavy atom. The smallest absolute Gasteiger partial charge is 0.0697 e. The lowest BCUT2D eigenvalue weighted by Gasteiger charge is -2.12. The van der Waals surface area contributed by atoms with Gasteiger partial charge < -0.3 is 0 Å². The molecule has 1 aromatic rings. The van der Waals surface area contributed by atoms with Crippen molar-refractivity contribution in [2.24, 2.45) is 10.9 Å². The highest BCUT2D eigenvalue weighted by Gasteiger charge is 2.20. The molecule has 0 N–H and O–H groups in total. The second-order valence-electron chi connectivity index (χ2n) is 5.38. The van der Waals surface area contributed by atoms with Crippen LogP contribution in [0.25, 0.3) is 0 Å². The van der Waals surface area contributed by atoms with Gasteiger partial charge in [-0.1, -0.05) is 39.8 Å². The minimum Gasteiger partial charge on any atom is -0.257 e. The van der Waals surface area contributed by atoms with Gasteiger partial charge in [-0.2, -0.15) is 0 Å². The van der Waals surface area contributed by atoms with E-state index in [1.54, 1.807) is 0 Å². The van der Waals surface area contributed by atoms with Gasteiger partial charge in [0.15, 0.2) is 0 Å². The number of hydrogen-bond acceptors (Lipinski definition) is 1. The molecule has 0 atom stereocenters. The second-order valence-corrected chi connectivity index (χ2v) is 5.38. The van der Waals surface area contributed by atoms with Crippen molar-refractivity contribution in [1.82, 2.24) is 0 Å². The molecular formula is C15H21N. The Bertz CT molecular complexity index is 439. The monoisotopic (exact) mass is 215 g/mol. The maximum atomic E-state index is 4.81. The Labute approximate surface area is 98.6 Å². The zero-order valence-electron chi connectivity index (χ0n) is 11.0. The van der Waals surface area contributed by atoms with Gasteiger partial charge in [-0.15, -0.1) is 0 Å². The largest absolute Gasteiger partial charge is 0.257 e. The lowest BCUT2D eigenvalue weighted by Crippen LogP contribution is -2.06. The van der Waals surface area contributed by atoms with Gasteiger partial charge in [0.2, 0.25) is 0 Å². The molecule has 0 radical (unpaired) electrons. The summed E-state index contributed by atoms with van der Waals surface area (Å²) in [6.45, 7) is 11.2.